The van der Waals surface area contributed by atoms with Gasteiger partial charge in [-0.25, -0.2) is 0 Å². The predicted octanol–water partition coefficient (Wildman–Crippen LogP) is 4.51. The van der Waals surface area contributed by atoms with E-state index in [4.69, 9.17) is 21.3 Å². The fraction of sp³-hybridized carbons (Fsp3) is 0.450. The quantitative estimate of drug-likeness (QED) is 0.343. The zero-order valence-corrected chi connectivity index (χ0v) is 19.8. The standard InChI is InChI=1S/C20H29ClN4O.HI/c1-6-22-20(25(4)14-17-11-16(21)13-24(17)3)23-12-15(2)18-9-7-8-10-19(18)26-5;/h7-11,13,15H,6,12,14H2,1-5H3,(H,22,23);1H. The Morgan fingerprint density at radius 2 is 2.07 bits per heavy atom. The van der Waals surface area contributed by atoms with Crippen LogP contribution >= 0.6 is 35.6 Å². The summed E-state index contributed by atoms with van der Waals surface area (Å²) >= 11 is 6.09. The number of methoxy groups -OCH3 is 1. The van der Waals surface area contributed by atoms with Crippen LogP contribution in [-0.2, 0) is 13.6 Å². The van der Waals surface area contributed by atoms with Crippen molar-refractivity contribution in [1.82, 2.24) is 14.8 Å². The molecule has 0 amide bonds. The third-order valence-electron chi connectivity index (χ3n) is 4.35. The molecule has 1 N–H and O–H groups in total. The molecule has 5 nitrogen and oxygen atoms in total. The summed E-state index contributed by atoms with van der Waals surface area (Å²) in [5.74, 6) is 2.05. The maximum Gasteiger partial charge on any atom is 0.194 e. The number of hydrogen-bond acceptors (Lipinski definition) is 2. The van der Waals surface area contributed by atoms with Crippen molar-refractivity contribution in [2.45, 2.75) is 26.3 Å². The molecule has 1 heterocycles. The van der Waals surface area contributed by atoms with Crippen molar-refractivity contribution >= 4 is 41.5 Å². The van der Waals surface area contributed by atoms with Gasteiger partial charge in [-0.1, -0.05) is 36.7 Å². The number of aromatic nitrogens is 1. The first kappa shape index (κ1) is 23.6. The average molecular weight is 505 g/mol. The lowest BCUT2D eigenvalue weighted by atomic mass is 10.0. The number of hydrogen-bond donors (Lipinski definition) is 1. The molecule has 0 aliphatic rings. The molecule has 0 spiro atoms. The van der Waals surface area contributed by atoms with Gasteiger partial charge in [0.1, 0.15) is 5.75 Å². The molecule has 0 bridgehead atoms. The second-order valence-corrected chi connectivity index (χ2v) is 6.89. The lowest BCUT2D eigenvalue weighted by Gasteiger charge is -2.23. The molecule has 1 atom stereocenters. The van der Waals surface area contributed by atoms with Gasteiger partial charge in [0.2, 0.25) is 0 Å². The van der Waals surface area contributed by atoms with Gasteiger partial charge in [0.05, 0.1) is 18.7 Å². The summed E-state index contributed by atoms with van der Waals surface area (Å²) in [6.07, 6.45) is 1.92. The second-order valence-electron chi connectivity index (χ2n) is 6.45. The van der Waals surface area contributed by atoms with Gasteiger partial charge < -0.3 is 19.5 Å². The smallest absolute Gasteiger partial charge is 0.194 e. The molecular weight excluding hydrogens is 475 g/mol. The highest BCUT2D eigenvalue weighted by atomic mass is 127. The molecular formula is C20H30ClIN4O. The molecule has 1 aromatic carbocycles. The summed E-state index contributed by atoms with van der Waals surface area (Å²) in [5.41, 5.74) is 2.31. The first-order chi connectivity index (χ1) is 12.5. The number of benzene rings is 1. The number of ether oxygens (including phenoxy) is 1. The number of para-hydroxylation sites is 1. The molecule has 2 aromatic rings. The molecule has 1 unspecified atom stereocenters. The molecule has 0 radical (unpaired) electrons. The van der Waals surface area contributed by atoms with Gasteiger partial charge in [0, 0.05) is 45.0 Å². The van der Waals surface area contributed by atoms with Crippen molar-refractivity contribution in [3.05, 3.63) is 52.8 Å². The van der Waals surface area contributed by atoms with Crippen molar-refractivity contribution < 1.29 is 4.74 Å². The topological polar surface area (TPSA) is 41.8 Å². The Bertz CT molecular complexity index is 747. The van der Waals surface area contributed by atoms with Crippen molar-refractivity contribution in [3.8, 4) is 5.75 Å². The monoisotopic (exact) mass is 504 g/mol. The van der Waals surface area contributed by atoms with Crippen LogP contribution in [-0.4, -0.2) is 42.7 Å². The Kier molecular flexibility index (Phi) is 10.0. The number of aliphatic imine (C=N–C) groups is 1. The van der Waals surface area contributed by atoms with Crippen LogP contribution in [0.15, 0.2) is 41.5 Å². The molecule has 0 aliphatic heterocycles. The summed E-state index contributed by atoms with van der Waals surface area (Å²) < 4.78 is 7.51. The van der Waals surface area contributed by atoms with E-state index in [0.717, 1.165) is 35.5 Å². The first-order valence-corrected chi connectivity index (χ1v) is 9.27. The second kappa shape index (κ2) is 11.4. The molecule has 150 valence electrons. The predicted molar refractivity (Wildman–Crippen MR) is 125 cm³/mol. The Hall–Kier alpha value is -1.41. The maximum absolute atomic E-state index is 6.09. The van der Waals surface area contributed by atoms with Crippen LogP contribution in [0.3, 0.4) is 0 Å². The van der Waals surface area contributed by atoms with Crippen molar-refractivity contribution in [2.24, 2.45) is 12.0 Å². The number of aryl methyl sites for hydroxylation is 1. The van der Waals surface area contributed by atoms with Crippen LogP contribution < -0.4 is 10.1 Å². The van der Waals surface area contributed by atoms with E-state index in [1.807, 2.05) is 49.1 Å². The highest BCUT2D eigenvalue weighted by Gasteiger charge is 2.13. The van der Waals surface area contributed by atoms with Gasteiger partial charge in [-0.05, 0) is 24.6 Å². The minimum Gasteiger partial charge on any atom is -0.496 e. The average Bonchev–Trinajstić information content (AvgIpc) is 2.95. The Balaban J connectivity index is 0.00000364. The van der Waals surface area contributed by atoms with E-state index in [0.29, 0.717) is 6.54 Å². The summed E-state index contributed by atoms with van der Waals surface area (Å²) in [6.45, 7) is 6.48. The Labute approximate surface area is 184 Å². The maximum atomic E-state index is 6.09. The molecule has 0 fully saturated rings. The minimum absolute atomic E-state index is 0. The summed E-state index contributed by atoms with van der Waals surface area (Å²) in [6, 6.07) is 10.1. The zero-order chi connectivity index (χ0) is 19.1. The van der Waals surface area contributed by atoms with Crippen LogP contribution in [0.25, 0.3) is 0 Å². The van der Waals surface area contributed by atoms with Crippen LogP contribution in [0.2, 0.25) is 5.02 Å². The van der Waals surface area contributed by atoms with Crippen molar-refractivity contribution in [3.63, 3.8) is 0 Å². The Morgan fingerprint density at radius 3 is 2.67 bits per heavy atom. The van der Waals surface area contributed by atoms with Crippen LogP contribution in [0.1, 0.15) is 31.0 Å². The minimum atomic E-state index is 0. The number of halogens is 2. The van der Waals surface area contributed by atoms with E-state index in [1.165, 1.54) is 5.56 Å². The van der Waals surface area contributed by atoms with Gasteiger partial charge in [0.15, 0.2) is 5.96 Å². The number of guanidine groups is 1. The summed E-state index contributed by atoms with van der Waals surface area (Å²) in [4.78, 5) is 6.95. The van der Waals surface area contributed by atoms with Gasteiger partial charge in [-0.3, -0.25) is 4.99 Å². The molecule has 2 rings (SSSR count). The number of nitrogens with one attached hydrogen (secondary N) is 1. The van der Waals surface area contributed by atoms with E-state index < -0.39 is 0 Å². The third kappa shape index (κ3) is 6.60. The third-order valence-corrected chi connectivity index (χ3v) is 4.56. The highest BCUT2D eigenvalue weighted by Crippen LogP contribution is 2.26. The van der Waals surface area contributed by atoms with Gasteiger partial charge >= 0.3 is 0 Å². The lowest BCUT2D eigenvalue weighted by molar-refractivity contribution is 0.406. The van der Waals surface area contributed by atoms with Crippen LogP contribution in [0.4, 0.5) is 0 Å². The van der Waals surface area contributed by atoms with Gasteiger partial charge in [-0.2, -0.15) is 0 Å². The van der Waals surface area contributed by atoms with Crippen LogP contribution in [0.5, 0.6) is 5.75 Å². The Morgan fingerprint density at radius 1 is 1.37 bits per heavy atom. The fourth-order valence-corrected chi connectivity index (χ4v) is 3.18. The SMILES string of the molecule is CCNC(=NCC(C)c1ccccc1OC)N(C)Cc1cc(Cl)cn1C.I. The molecule has 7 heteroatoms. The molecule has 0 aliphatic carbocycles. The summed E-state index contributed by atoms with van der Waals surface area (Å²) in [5, 5.41) is 4.12. The van der Waals surface area contributed by atoms with E-state index in [2.05, 4.69) is 30.1 Å². The summed E-state index contributed by atoms with van der Waals surface area (Å²) in [7, 11) is 5.75. The highest BCUT2D eigenvalue weighted by molar-refractivity contribution is 14.0. The van der Waals surface area contributed by atoms with Crippen molar-refractivity contribution in [2.75, 3.05) is 27.2 Å². The normalized spacial score (nSPS) is 12.3. The van der Waals surface area contributed by atoms with E-state index >= 15 is 0 Å². The number of rotatable bonds is 7. The fourth-order valence-electron chi connectivity index (χ4n) is 2.91. The van der Waals surface area contributed by atoms with Crippen molar-refractivity contribution in [1.29, 1.82) is 0 Å². The van der Waals surface area contributed by atoms with E-state index in [-0.39, 0.29) is 29.9 Å². The lowest BCUT2D eigenvalue weighted by Crippen LogP contribution is -2.39. The van der Waals surface area contributed by atoms with Gasteiger partial charge in [0.25, 0.3) is 0 Å². The molecule has 0 saturated carbocycles. The van der Waals surface area contributed by atoms with Crippen LogP contribution in [0, 0.1) is 0 Å². The number of nitrogens with zero attached hydrogens (tertiary/aromatic N) is 3. The van der Waals surface area contributed by atoms with E-state index in [9.17, 15) is 0 Å². The molecule has 27 heavy (non-hydrogen) atoms. The first-order valence-electron chi connectivity index (χ1n) is 8.89. The molecule has 1 aromatic heterocycles. The van der Waals surface area contributed by atoms with E-state index in [1.54, 1.807) is 7.11 Å². The molecule has 0 saturated heterocycles. The van der Waals surface area contributed by atoms with Gasteiger partial charge in [-0.15, -0.1) is 24.0 Å². The largest absolute Gasteiger partial charge is 0.496 e. The zero-order valence-electron chi connectivity index (χ0n) is 16.7.